The van der Waals surface area contributed by atoms with Crippen molar-refractivity contribution in [3.05, 3.63) is 41.8 Å². The number of halogens is 1. The smallest absolute Gasteiger partial charge is 0.409 e. The zero-order valence-electron chi connectivity index (χ0n) is 18.3. The zero-order valence-corrected chi connectivity index (χ0v) is 19.9. The Morgan fingerprint density at radius 1 is 1.24 bits per heavy atom. The number of fused-ring (bicyclic) bond motifs is 1. The molecule has 1 N–H and O–H groups in total. The van der Waals surface area contributed by atoms with Crippen molar-refractivity contribution in [2.24, 2.45) is 0 Å². The molecule has 0 bridgehead atoms. The first-order valence-electron chi connectivity index (χ1n) is 10.9. The van der Waals surface area contributed by atoms with Gasteiger partial charge in [-0.25, -0.2) is 19.2 Å². The van der Waals surface area contributed by atoms with Crippen LogP contribution in [0.15, 0.2) is 41.0 Å². The molecular weight excluding hydrogens is 463 g/mol. The fourth-order valence-corrected chi connectivity index (χ4v) is 5.69. The monoisotopic (exact) mass is 488 g/mol. The first-order valence-corrected chi connectivity index (χ1v) is 12.7. The number of piperidine rings is 1. The second-order valence-corrected chi connectivity index (χ2v) is 9.58. The van der Waals surface area contributed by atoms with Gasteiger partial charge in [0, 0.05) is 42.2 Å². The Morgan fingerprint density at radius 3 is 2.73 bits per heavy atom. The Labute approximate surface area is 199 Å². The lowest BCUT2D eigenvalue weighted by atomic mass is 10.1. The molecular formula is C23H25FN4O3S2. The number of rotatable bonds is 7. The number of thiophene rings is 1. The van der Waals surface area contributed by atoms with E-state index in [0.717, 1.165) is 39.2 Å². The average molecular weight is 489 g/mol. The maximum absolute atomic E-state index is 13.3. The molecule has 33 heavy (non-hydrogen) atoms. The van der Waals surface area contributed by atoms with E-state index in [4.69, 9.17) is 4.74 Å². The molecule has 0 saturated carbocycles. The molecule has 2 aromatic heterocycles. The second-order valence-electron chi connectivity index (χ2n) is 7.64. The summed E-state index contributed by atoms with van der Waals surface area (Å²) in [7, 11) is 0. The van der Waals surface area contributed by atoms with Gasteiger partial charge in [0.25, 0.3) is 0 Å². The molecule has 0 spiro atoms. The highest BCUT2D eigenvalue weighted by molar-refractivity contribution is 7.99. The summed E-state index contributed by atoms with van der Waals surface area (Å²) >= 11 is 3.04. The third-order valence-corrected chi connectivity index (χ3v) is 7.32. The highest BCUT2D eigenvalue weighted by Crippen LogP contribution is 2.38. The Hall–Kier alpha value is -2.72. The quantitative estimate of drug-likeness (QED) is 0.383. The Kier molecular flexibility index (Phi) is 7.77. The van der Waals surface area contributed by atoms with Crippen LogP contribution in [0.5, 0.6) is 0 Å². The average Bonchev–Trinajstić information content (AvgIpc) is 3.25. The van der Waals surface area contributed by atoms with Crippen molar-refractivity contribution in [3.63, 3.8) is 0 Å². The summed E-state index contributed by atoms with van der Waals surface area (Å²) in [5.74, 6) is 0.298. The number of likely N-dealkylation sites (tertiary alicyclic amines) is 1. The lowest BCUT2D eigenvalue weighted by Crippen LogP contribution is -2.46. The van der Waals surface area contributed by atoms with Crippen molar-refractivity contribution in [2.45, 2.75) is 37.3 Å². The van der Waals surface area contributed by atoms with Crippen molar-refractivity contribution >= 4 is 45.3 Å². The number of aromatic nitrogens is 2. The van der Waals surface area contributed by atoms with Crippen molar-refractivity contribution in [1.82, 2.24) is 20.2 Å². The maximum atomic E-state index is 13.3. The van der Waals surface area contributed by atoms with Crippen LogP contribution in [0.25, 0.3) is 21.3 Å². The number of hydrogen-bond donors (Lipinski definition) is 1. The van der Waals surface area contributed by atoms with Crippen LogP contribution >= 0.6 is 23.1 Å². The first-order chi connectivity index (χ1) is 16.0. The summed E-state index contributed by atoms with van der Waals surface area (Å²) in [6.45, 7) is 3.32. The SMILES string of the molecule is CCOC(=O)N1CCC(NC(=O)CCSc2ncnc3scc(-c4ccc(F)cc4)c23)CC1. The van der Waals surface area contributed by atoms with Gasteiger partial charge in [0.15, 0.2) is 0 Å². The van der Waals surface area contributed by atoms with Crippen LogP contribution in [0.3, 0.4) is 0 Å². The molecule has 3 heterocycles. The fourth-order valence-electron chi connectivity index (χ4n) is 3.76. The summed E-state index contributed by atoms with van der Waals surface area (Å²) in [5, 5.41) is 6.83. The number of amides is 2. The molecule has 2 amide bonds. The molecule has 1 aliphatic rings. The van der Waals surface area contributed by atoms with Gasteiger partial charge in [0.1, 0.15) is 22.0 Å². The number of nitrogens with one attached hydrogen (secondary N) is 1. The van der Waals surface area contributed by atoms with E-state index in [1.165, 1.54) is 41.6 Å². The Morgan fingerprint density at radius 2 is 2.00 bits per heavy atom. The van der Waals surface area contributed by atoms with Gasteiger partial charge in [-0.2, -0.15) is 0 Å². The summed E-state index contributed by atoms with van der Waals surface area (Å²) in [5.41, 5.74) is 1.88. The van der Waals surface area contributed by atoms with E-state index in [0.29, 0.717) is 31.9 Å². The minimum atomic E-state index is -0.289. The third-order valence-electron chi connectivity index (χ3n) is 5.44. The normalized spacial score (nSPS) is 14.4. The highest BCUT2D eigenvalue weighted by Gasteiger charge is 2.24. The van der Waals surface area contributed by atoms with Crippen molar-refractivity contribution in [3.8, 4) is 11.1 Å². The van der Waals surface area contributed by atoms with Crippen LogP contribution < -0.4 is 5.32 Å². The van der Waals surface area contributed by atoms with Gasteiger partial charge in [-0.3, -0.25) is 4.79 Å². The predicted molar refractivity (Wildman–Crippen MR) is 128 cm³/mol. The molecule has 0 aliphatic carbocycles. The molecule has 7 nitrogen and oxygen atoms in total. The van der Waals surface area contributed by atoms with Crippen molar-refractivity contribution < 1.29 is 18.7 Å². The molecule has 1 aromatic carbocycles. The number of ether oxygens (including phenoxy) is 1. The number of hydrogen-bond acceptors (Lipinski definition) is 7. The van der Waals surface area contributed by atoms with Gasteiger partial charge in [-0.05, 0) is 37.5 Å². The van der Waals surface area contributed by atoms with E-state index in [2.05, 4.69) is 15.3 Å². The van der Waals surface area contributed by atoms with Crippen LogP contribution in [0, 0.1) is 5.82 Å². The van der Waals surface area contributed by atoms with E-state index in [1.807, 2.05) is 5.38 Å². The lowest BCUT2D eigenvalue weighted by molar-refractivity contribution is -0.121. The highest BCUT2D eigenvalue weighted by atomic mass is 32.2. The molecule has 1 saturated heterocycles. The second kappa shape index (κ2) is 10.9. The molecule has 3 aromatic rings. The van der Waals surface area contributed by atoms with Gasteiger partial charge in [0.05, 0.1) is 12.0 Å². The van der Waals surface area contributed by atoms with Crippen LogP contribution in [0.1, 0.15) is 26.2 Å². The third kappa shape index (κ3) is 5.80. The number of nitrogens with zero attached hydrogens (tertiary/aromatic N) is 3. The predicted octanol–water partition coefficient (Wildman–Crippen LogP) is 4.72. The number of carbonyl (C=O) groups excluding carboxylic acids is 2. The van der Waals surface area contributed by atoms with Crippen LogP contribution in [-0.2, 0) is 9.53 Å². The van der Waals surface area contributed by atoms with Gasteiger partial charge >= 0.3 is 6.09 Å². The number of benzene rings is 1. The molecule has 174 valence electrons. The minimum absolute atomic E-state index is 0.00791. The first kappa shape index (κ1) is 23.4. The van der Waals surface area contributed by atoms with Gasteiger partial charge in [-0.15, -0.1) is 23.1 Å². The van der Waals surface area contributed by atoms with Crippen LogP contribution in [0.4, 0.5) is 9.18 Å². The summed E-state index contributed by atoms with van der Waals surface area (Å²) in [6, 6.07) is 6.45. The Balaban J connectivity index is 1.31. The molecule has 10 heteroatoms. The summed E-state index contributed by atoms with van der Waals surface area (Å²) in [4.78, 5) is 35.6. The summed E-state index contributed by atoms with van der Waals surface area (Å²) in [6.07, 6.45) is 3.06. The van der Waals surface area contributed by atoms with E-state index in [-0.39, 0.29) is 23.9 Å². The molecule has 1 aliphatic heterocycles. The van der Waals surface area contributed by atoms with Gasteiger partial charge in [-0.1, -0.05) is 12.1 Å². The van der Waals surface area contributed by atoms with E-state index in [9.17, 15) is 14.0 Å². The summed E-state index contributed by atoms with van der Waals surface area (Å²) < 4.78 is 18.4. The van der Waals surface area contributed by atoms with Crippen LogP contribution in [-0.4, -0.2) is 58.4 Å². The van der Waals surface area contributed by atoms with Crippen LogP contribution in [0.2, 0.25) is 0 Å². The van der Waals surface area contributed by atoms with E-state index >= 15 is 0 Å². The van der Waals surface area contributed by atoms with Crippen molar-refractivity contribution in [1.29, 1.82) is 0 Å². The number of thioether (sulfide) groups is 1. The molecule has 0 atom stereocenters. The van der Waals surface area contributed by atoms with Gasteiger partial charge < -0.3 is 15.0 Å². The molecule has 1 fully saturated rings. The number of carbonyl (C=O) groups is 2. The van der Waals surface area contributed by atoms with E-state index < -0.39 is 0 Å². The van der Waals surface area contributed by atoms with Crippen molar-refractivity contribution in [2.75, 3.05) is 25.4 Å². The maximum Gasteiger partial charge on any atom is 0.409 e. The lowest BCUT2D eigenvalue weighted by Gasteiger charge is -2.31. The fraction of sp³-hybridized carbons (Fsp3) is 0.391. The molecule has 0 unspecified atom stereocenters. The van der Waals surface area contributed by atoms with Gasteiger partial charge in [0.2, 0.25) is 5.91 Å². The Bertz CT molecular complexity index is 1110. The largest absolute Gasteiger partial charge is 0.450 e. The van der Waals surface area contributed by atoms with E-state index in [1.54, 1.807) is 24.0 Å². The molecule has 0 radical (unpaired) electrons. The minimum Gasteiger partial charge on any atom is -0.450 e. The molecule has 4 rings (SSSR count). The topological polar surface area (TPSA) is 84.4 Å². The standard InChI is InChI=1S/C23H25FN4O3S2/c1-2-31-23(30)28-10-7-17(8-11-28)27-19(29)9-12-32-21-20-18(13-33-22(20)26-14-25-21)15-3-5-16(24)6-4-15/h3-6,13-14,17H,2,7-12H2,1H3,(H,27,29). The zero-order chi connectivity index (χ0) is 23.2.